The first kappa shape index (κ1) is 21.8. The first-order valence-corrected chi connectivity index (χ1v) is 10.2. The van der Waals surface area contributed by atoms with Crippen LogP contribution in [0, 0.1) is 19.8 Å². The highest BCUT2D eigenvalue weighted by molar-refractivity contribution is 8.00. The Balaban J connectivity index is 0.00000261. The topological polar surface area (TPSA) is 32.3 Å². The minimum Gasteiger partial charge on any atom is -0.341 e. The first-order chi connectivity index (χ1) is 12.6. The van der Waals surface area contributed by atoms with Crippen LogP contribution in [0.25, 0.3) is 0 Å². The standard InChI is InChI=1S/C22H28N2OS.ClH/c1-16-9-10-20(17(2)13-16)26-21(19-7-5-4-6-8-19)22(25)24-12-11-18(15-24)14-23-3;/h4-10,13,18,21,23H,11-12,14-15H2,1-3H3;1H. The highest BCUT2D eigenvalue weighted by Gasteiger charge is 2.32. The van der Waals surface area contributed by atoms with Crippen molar-refractivity contribution < 1.29 is 4.79 Å². The van der Waals surface area contributed by atoms with Crippen molar-refractivity contribution in [3.8, 4) is 0 Å². The lowest BCUT2D eigenvalue weighted by atomic mass is 10.1. The predicted molar refractivity (Wildman–Crippen MR) is 117 cm³/mol. The summed E-state index contributed by atoms with van der Waals surface area (Å²) in [4.78, 5) is 16.6. The average molecular weight is 405 g/mol. The van der Waals surface area contributed by atoms with E-state index in [1.54, 1.807) is 11.8 Å². The summed E-state index contributed by atoms with van der Waals surface area (Å²) < 4.78 is 0. The van der Waals surface area contributed by atoms with Crippen LogP contribution in [0.4, 0.5) is 0 Å². The second-order valence-corrected chi connectivity index (χ2v) is 8.32. The van der Waals surface area contributed by atoms with Gasteiger partial charge in [0.05, 0.1) is 0 Å². The number of hydrogen-bond donors (Lipinski definition) is 1. The molecular formula is C22H29ClN2OS. The molecule has 0 radical (unpaired) electrons. The van der Waals surface area contributed by atoms with Crippen LogP contribution in [0.15, 0.2) is 53.4 Å². The monoisotopic (exact) mass is 404 g/mol. The molecule has 146 valence electrons. The maximum atomic E-state index is 13.4. The van der Waals surface area contributed by atoms with Crippen molar-refractivity contribution in [2.75, 3.05) is 26.7 Å². The van der Waals surface area contributed by atoms with Gasteiger partial charge in [-0.3, -0.25) is 4.79 Å². The number of carbonyl (C=O) groups excluding carboxylic acids is 1. The molecule has 0 saturated carbocycles. The number of benzene rings is 2. The summed E-state index contributed by atoms with van der Waals surface area (Å²) in [5, 5.41) is 3.05. The third-order valence-electron chi connectivity index (χ3n) is 4.99. The molecule has 0 aliphatic carbocycles. The molecular weight excluding hydrogens is 376 g/mol. The summed E-state index contributed by atoms with van der Waals surface area (Å²) in [6, 6.07) is 16.6. The highest BCUT2D eigenvalue weighted by Crippen LogP contribution is 2.39. The summed E-state index contributed by atoms with van der Waals surface area (Å²) in [5.41, 5.74) is 3.57. The number of thioether (sulfide) groups is 1. The van der Waals surface area contributed by atoms with E-state index in [0.717, 1.165) is 31.6 Å². The van der Waals surface area contributed by atoms with E-state index in [9.17, 15) is 4.79 Å². The summed E-state index contributed by atoms with van der Waals surface area (Å²) in [7, 11) is 1.98. The fraction of sp³-hybridized carbons (Fsp3) is 0.409. The zero-order valence-electron chi connectivity index (χ0n) is 16.3. The molecule has 3 rings (SSSR count). The van der Waals surface area contributed by atoms with E-state index >= 15 is 0 Å². The Hall–Kier alpha value is -1.49. The van der Waals surface area contributed by atoms with E-state index in [2.05, 4.69) is 54.4 Å². The Labute approximate surface area is 173 Å². The number of aryl methyl sites for hydroxylation is 2. The number of halogens is 1. The molecule has 27 heavy (non-hydrogen) atoms. The van der Waals surface area contributed by atoms with E-state index in [1.165, 1.54) is 16.0 Å². The lowest BCUT2D eigenvalue weighted by molar-refractivity contribution is -0.129. The Morgan fingerprint density at radius 2 is 1.96 bits per heavy atom. The van der Waals surface area contributed by atoms with Crippen molar-refractivity contribution >= 4 is 30.1 Å². The van der Waals surface area contributed by atoms with Crippen LogP contribution in [0.2, 0.25) is 0 Å². The van der Waals surface area contributed by atoms with Crippen LogP contribution in [0.5, 0.6) is 0 Å². The number of hydrogen-bond acceptors (Lipinski definition) is 3. The van der Waals surface area contributed by atoms with Gasteiger partial charge in [-0.2, -0.15) is 0 Å². The summed E-state index contributed by atoms with van der Waals surface area (Å²) in [5.74, 6) is 0.797. The number of nitrogens with zero attached hydrogens (tertiary/aromatic N) is 1. The van der Waals surface area contributed by atoms with Crippen molar-refractivity contribution in [3.05, 3.63) is 65.2 Å². The first-order valence-electron chi connectivity index (χ1n) is 9.30. The molecule has 1 aliphatic heterocycles. The number of carbonyl (C=O) groups is 1. The number of likely N-dealkylation sites (tertiary alicyclic amines) is 1. The van der Waals surface area contributed by atoms with Crippen LogP contribution in [0.3, 0.4) is 0 Å². The molecule has 2 atom stereocenters. The predicted octanol–water partition coefficient (Wildman–Crippen LogP) is 4.63. The molecule has 0 spiro atoms. The molecule has 1 saturated heterocycles. The summed E-state index contributed by atoms with van der Waals surface area (Å²) >= 11 is 1.68. The Bertz CT molecular complexity index is 753. The minimum atomic E-state index is -0.189. The van der Waals surface area contributed by atoms with Crippen molar-refractivity contribution in [3.63, 3.8) is 0 Å². The zero-order valence-corrected chi connectivity index (χ0v) is 17.9. The lowest BCUT2D eigenvalue weighted by Gasteiger charge is -2.24. The van der Waals surface area contributed by atoms with E-state index in [4.69, 9.17) is 0 Å². The molecule has 0 bridgehead atoms. The number of nitrogens with one attached hydrogen (secondary N) is 1. The maximum Gasteiger partial charge on any atom is 0.240 e. The van der Waals surface area contributed by atoms with Gasteiger partial charge in [0.25, 0.3) is 0 Å². The Morgan fingerprint density at radius 1 is 1.22 bits per heavy atom. The van der Waals surface area contributed by atoms with Crippen LogP contribution in [-0.4, -0.2) is 37.5 Å². The van der Waals surface area contributed by atoms with Gasteiger partial charge in [-0.1, -0.05) is 48.0 Å². The molecule has 2 aromatic rings. The molecule has 1 amide bonds. The van der Waals surface area contributed by atoms with Crippen LogP contribution >= 0.6 is 24.2 Å². The zero-order chi connectivity index (χ0) is 18.5. The highest BCUT2D eigenvalue weighted by atomic mass is 35.5. The number of amides is 1. The van der Waals surface area contributed by atoms with Gasteiger partial charge >= 0.3 is 0 Å². The van der Waals surface area contributed by atoms with Gasteiger partial charge in [-0.25, -0.2) is 0 Å². The van der Waals surface area contributed by atoms with Crippen LogP contribution < -0.4 is 5.32 Å². The van der Waals surface area contributed by atoms with E-state index < -0.39 is 0 Å². The van der Waals surface area contributed by atoms with Crippen molar-refractivity contribution in [1.82, 2.24) is 10.2 Å². The normalized spacial score (nSPS) is 17.4. The van der Waals surface area contributed by atoms with Gasteiger partial charge in [0, 0.05) is 18.0 Å². The average Bonchev–Trinajstić information content (AvgIpc) is 3.10. The molecule has 0 aromatic heterocycles. The largest absolute Gasteiger partial charge is 0.341 e. The Kier molecular flexibility index (Phi) is 8.21. The van der Waals surface area contributed by atoms with Gasteiger partial charge in [0.2, 0.25) is 5.91 Å². The molecule has 1 aliphatic rings. The maximum absolute atomic E-state index is 13.4. The smallest absolute Gasteiger partial charge is 0.240 e. The van der Waals surface area contributed by atoms with Gasteiger partial charge < -0.3 is 10.2 Å². The summed E-state index contributed by atoms with van der Waals surface area (Å²) in [6.07, 6.45) is 1.09. The molecule has 2 aromatic carbocycles. The van der Waals surface area contributed by atoms with Gasteiger partial charge in [0.1, 0.15) is 5.25 Å². The molecule has 2 unspecified atom stereocenters. The minimum absolute atomic E-state index is 0. The third-order valence-corrected chi connectivity index (χ3v) is 6.41. The Morgan fingerprint density at radius 3 is 2.63 bits per heavy atom. The number of rotatable bonds is 6. The van der Waals surface area contributed by atoms with Crippen LogP contribution in [0.1, 0.15) is 28.4 Å². The van der Waals surface area contributed by atoms with E-state index in [0.29, 0.717) is 5.92 Å². The van der Waals surface area contributed by atoms with Gasteiger partial charge in [-0.15, -0.1) is 24.2 Å². The van der Waals surface area contributed by atoms with Crippen molar-refractivity contribution in [1.29, 1.82) is 0 Å². The molecule has 3 nitrogen and oxygen atoms in total. The van der Waals surface area contributed by atoms with E-state index in [-0.39, 0.29) is 23.6 Å². The molecule has 1 fully saturated rings. The molecule has 1 heterocycles. The van der Waals surface area contributed by atoms with Crippen LogP contribution in [-0.2, 0) is 4.79 Å². The third kappa shape index (κ3) is 5.50. The summed E-state index contributed by atoms with van der Waals surface area (Å²) in [6.45, 7) is 6.93. The molecule has 1 N–H and O–H groups in total. The second-order valence-electron chi connectivity index (χ2n) is 7.17. The van der Waals surface area contributed by atoms with Gasteiger partial charge in [0.15, 0.2) is 0 Å². The van der Waals surface area contributed by atoms with Gasteiger partial charge in [-0.05, 0) is 57.0 Å². The molecule has 5 heteroatoms. The van der Waals surface area contributed by atoms with Crippen molar-refractivity contribution in [2.24, 2.45) is 5.92 Å². The van der Waals surface area contributed by atoms with Crippen molar-refractivity contribution in [2.45, 2.75) is 30.4 Å². The quantitative estimate of drug-likeness (QED) is 0.712. The second kappa shape index (κ2) is 10.2. The fourth-order valence-electron chi connectivity index (χ4n) is 3.60. The van der Waals surface area contributed by atoms with E-state index in [1.807, 2.05) is 25.2 Å². The lowest BCUT2D eigenvalue weighted by Crippen LogP contribution is -2.33. The SMILES string of the molecule is CNCC1CCN(C(=O)C(Sc2ccc(C)cc2C)c2ccccc2)C1.Cl. The fourth-order valence-corrected chi connectivity index (χ4v) is 4.79.